The molecule has 1 aliphatic rings. The average Bonchev–Trinajstić information content (AvgIpc) is 2.99. The summed E-state index contributed by atoms with van der Waals surface area (Å²) in [6, 6.07) is 7.85. The molecule has 1 unspecified atom stereocenters. The standard InChI is InChI=1S/C13H13N3OS/c14-7-9-3-1-5-11-12(9)15-13(18)16(11)8-10-4-2-6-17-10/h1,3,5,10H,2,4,6,8H2,(H,15,18). The van der Waals surface area contributed by atoms with Crippen LogP contribution < -0.4 is 0 Å². The number of hydrogen-bond acceptors (Lipinski definition) is 3. The Bertz CT molecular complexity index is 674. The number of fused-ring (bicyclic) bond motifs is 1. The van der Waals surface area contributed by atoms with Crippen molar-refractivity contribution in [1.29, 1.82) is 5.26 Å². The van der Waals surface area contributed by atoms with Crippen LogP contribution in [0.1, 0.15) is 18.4 Å². The smallest absolute Gasteiger partial charge is 0.178 e. The van der Waals surface area contributed by atoms with Gasteiger partial charge in [0.15, 0.2) is 4.77 Å². The van der Waals surface area contributed by atoms with E-state index in [-0.39, 0.29) is 6.10 Å². The number of aromatic nitrogens is 2. The van der Waals surface area contributed by atoms with Crippen LogP contribution in [-0.4, -0.2) is 22.3 Å². The number of benzene rings is 1. The minimum Gasteiger partial charge on any atom is -0.376 e. The van der Waals surface area contributed by atoms with Crippen LogP contribution in [0.5, 0.6) is 0 Å². The number of H-pyrrole nitrogens is 1. The zero-order valence-electron chi connectivity index (χ0n) is 9.85. The second-order valence-electron chi connectivity index (χ2n) is 4.49. The Morgan fingerprint density at radius 3 is 3.17 bits per heavy atom. The van der Waals surface area contributed by atoms with Gasteiger partial charge in [-0.1, -0.05) is 6.07 Å². The lowest BCUT2D eigenvalue weighted by Gasteiger charge is -2.10. The number of nitriles is 1. The Hall–Kier alpha value is -1.64. The summed E-state index contributed by atoms with van der Waals surface area (Å²) in [4.78, 5) is 3.12. The van der Waals surface area contributed by atoms with Crippen LogP contribution in [0.2, 0.25) is 0 Å². The molecule has 1 aromatic carbocycles. The molecule has 1 aliphatic heterocycles. The van der Waals surface area contributed by atoms with Gasteiger partial charge in [0.25, 0.3) is 0 Å². The molecule has 5 heteroatoms. The highest BCUT2D eigenvalue weighted by Crippen LogP contribution is 2.21. The van der Waals surface area contributed by atoms with E-state index >= 15 is 0 Å². The van der Waals surface area contributed by atoms with Gasteiger partial charge in [-0.15, -0.1) is 0 Å². The van der Waals surface area contributed by atoms with Crippen LogP contribution >= 0.6 is 12.2 Å². The molecular formula is C13H13N3OS. The van der Waals surface area contributed by atoms with Crippen LogP contribution in [0.4, 0.5) is 0 Å². The van der Waals surface area contributed by atoms with Crippen molar-refractivity contribution in [3.63, 3.8) is 0 Å². The third-order valence-electron chi connectivity index (χ3n) is 3.34. The second-order valence-corrected chi connectivity index (χ2v) is 4.87. The monoisotopic (exact) mass is 259 g/mol. The molecule has 1 atom stereocenters. The number of nitrogens with zero attached hydrogens (tertiary/aromatic N) is 2. The lowest BCUT2D eigenvalue weighted by atomic mass is 10.2. The number of hydrogen-bond donors (Lipinski definition) is 1. The Balaban J connectivity index is 2.09. The molecule has 2 aromatic rings. The van der Waals surface area contributed by atoms with E-state index in [0.29, 0.717) is 10.3 Å². The Morgan fingerprint density at radius 2 is 2.44 bits per heavy atom. The zero-order chi connectivity index (χ0) is 12.5. The van der Waals surface area contributed by atoms with Gasteiger partial charge >= 0.3 is 0 Å². The van der Waals surface area contributed by atoms with E-state index in [1.807, 2.05) is 16.7 Å². The fourth-order valence-corrected chi connectivity index (χ4v) is 2.72. The van der Waals surface area contributed by atoms with Crippen molar-refractivity contribution in [1.82, 2.24) is 9.55 Å². The third-order valence-corrected chi connectivity index (χ3v) is 3.66. The summed E-state index contributed by atoms with van der Waals surface area (Å²) in [6.07, 6.45) is 2.43. The maximum Gasteiger partial charge on any atom is 0.178 e. The molecule has 92 valence electrons. The molecular weight excluding hydrogens is 246 g/mol. The Labute approximate surface area is 110 Å². The lowest BCUT2D eigenvalue weighted by molar-refractivity contribution is 0.0976. The van der Waals surface area contributed by atoms with Crippen molar-refractivity contribution < 1.29 is 4.74 Å². The summed E-state index contributed by atoms with van der Waals surface area (Å²) in [5, 5.41) is 9.08. The van der Waals surface area contributed by atoms with E-state index in [2.05, 4.69) is 11.1 Å². The minimum atomic E-state index is 0.237. The van der Waals surface area contributed by atoms with Crippen molar-refractivity contribution in [3.8, 4) is 6.07 Å². The molecule has 0 spiro atoms. The van der Waals surface area contributed by atoms with E-state index in [1.54, 1.807) is 6.07 Å². The maximum absolute atomic E-state index is 9.08. The van der Waals surface area contributed by atoms with Crippen molar-refractivity contribution in [2.45, 2.75) is 25.5 Å². The molecule has 2 heterocycles. The highest BCUT2D eigenvalue weighted by atomic mass is 32.1. The van der Waals surface area contributed by atoms with Gasteiger partial charge in [0.1, 0.15) is 6.07 Å². The number of rotatable bonds is 2. The quantitative estimate of drug-likeness (QED) is 0.844. The van der Waals surface area contributed by atoms with E-state index in [9.17, 15) is 0 Å². The SMILES string of the molecule is N#Cc1cccc2c1[nH]c(=S)n2CC1CCCO1. The first kappa shape index (κ1) is 11.5. The molecule has 0 saturated carbocycles. The van der Waals surface area contributed by atoms with Gasteiger partial charge in [-0.25, -0.2) is 0 Å². The van der Waals surface area contributed by atoms with Crippen LogP contribution in [-0.2, 0) is 11.3 Å². The first-order valence-electron chi connectivity index (χ1n) is 6.03. The molecule has 0 bridgehead atoms. The van der Waals surface area contributed by atoms with Crippen molar-refractivity contribution in [2.24, 2.45) is 0 Å². The Kier molecular flexibility index (Phi) is 2.90. The van der Waals surface area contributed by atoms with Crippen LogP contribution in [0.15, 0.2) is 18.2 Å². The van der Waals surface area contributed by atoms with Crippen LogP contribution in [0, 0.1) is 16.1 Å². The average molecular weight is 259 g/mol. The number of para-hydroxylation sites is 1. The topological polar surface area (TPSA) is 53.7 Å². The normalized spacial score (nSPS) is 19.2. The summed E-state index contributed by atoms with van der Waals surface area (Å²) < 4.78 is 8.33. The number of aromatic amines is 1. The molecule has 0 aliphatic carbocycles. The van der Waals surface area contributed by atoms with Gasteiger partial charge in [0, 0.05) is 6.61 Å². The number of ether oxygens (including phenoxy) is 1. The fraction of sp³-hybridized carbons (Fsp3) is 0.385. The van der Waals surface area contributed by atoms with E-state index in [1.165, 1.54) is 0 Å². The van der Waals surface area contributed by atoms with Gasteiger partial charge in [-0.05, 0) is 37.2 Å². The van der Waals surface area contributed by atoms with Gasteiger partial charge in [-0.3, -0.25) is 0 Å². The first-order chi connectivity index (χ1) is 8.79. The highest BCUT2D eigenvalue weighted by Gasteiger charge is 2.18. The van der Waals surface area contributed by atoms with Crippen molar-refractivity contribution in [3.05, 3.63) is 28.5 Å². The molecule has 1 saturated heterocycles. The molecule has 1 N–H and O–H groups in total. The number of imidazole rings is 1. The predicted octanol–water partition coefficient (Wildman–Crippen LogP) is 2.75. The molecule has 0 radical (unpaired) electrons. The molecule has 1 fully saturated rings. The van der Waals surface area contributed by atoms with Crippen LogP contribution in [0.3, 0.4) is 0 Å². The highest BCUT2D eigenvalue weighted by molar-refractivity contribution is 7.71. The van der Waals surface area contributed by atoms with Crippen LogP contribution in [0.25, 0.3) is 11.0 Å². The fourth-order valence-electron chi connectivity index (χ4n) is 2.45. The summed E-state index contributed by atoms with van der Waals surface area (Å²) in [7, 11) is 0. The molecule has 0 amide bonds. The minimum absolute atomic E-state index is 0.237. The summed E-state index contributed by atoms with van der Waals surface area (Å²) in [5.74, 6) is 0. The second kappa shape index (κ2) is 4.56. The Morgan fingerprint density at radius 1 is 1.56 bits per heavy atom. The third kappa shape index (κ3) is 1.84. The molecule has 3 rings (SSSR count). The summed E-state index contributed by atoms with van der Waals surface area (Å²) in [6.45, 7) is 1.59. The van der Waals surface area contributed by atoms with E-state index in [4.69, 9.17) is 22.2 Å². The van der Waals surface area contributed by atoms with Gasteiger partial charge in [0.05, 0.1) is 29.2 Å². The summed E-state index contributed by atoms with van der Waals surface area (Å²) >= 11 is 5.34. The van der Waals surface area contributed by atoms with Gasteiger partial charge in [-0.2, -0.15) is 5.26 Å². The first-order valence-corrected chi connectivity index (χ1v) is 6.43. The van der Waals surface area contributed by atoms with Gasteiger partial charge in [0.2, 0.25) is 0 Å². The molecule has 1 aromatic heterocycles. The van der Waals surface area contributed by atoms with Crippen molar-refractivity contribution in [2.75, 3.05) is 6.61 Å². The summed E-state index contributed by atoms with van der Waals surface area (Å²) in [5.41, 5.74) is 2.43. The van der Waals surface area contributed by atoms with E-state index in [0.717, 1.165) is 37.0 Å². The maximum atomic E-state index is 9.08. The molecule has 18 heavy (non-hydrogen) atoms. The molecule has 4 nitrogen and oxygen atoms in total. The van der Waals surface area contributed by atoms with E-state index < -0.39 is 0 Å². The van der Waals surface area contributed by atoms with Crippen molar-refractivity contribution >= 4 is 23.3 Å². The largest absolute Gasteiger partial charge is 0.376 e. The zero-order valence-corrected chi connectivity index (χ0v) is 10.7. The van der Waals surface area contributed by atoms with Gasteiger partial charge < -0.3 is 14.3 Å². The lowest BCUT2D eigenvalue weighted by Crippen LogP contribution is -2.14. The predicted molar refractivity (Wildman–Crippen MR) is 70.8 cm³/mol. The number of nitrogens with one attached hydrogen (secondary N) is 1.